The van der Waals surface area contributed by atoms with Gasteiger partial charge < -0.3 is 19.9 Å². The molecule has 26 heavy (non-hydrogen) atoms. The van der Waals surface area contributed by atoms with E-state index in [1.165, 1.54) is 25.7 Å². The molecule has 2 N–H and O–H groups in total. The van der Waals surface area contributed by atoms with Crippen LogP contribution < -0.4 is 10.6 Å². The largest absolute Gasteiger partial charge is 0.385 e. The molecule has 1 heterocycles. The Labute approximate surface area is 158 Å². The molecule has 1 saturated carbocycles. The number of aliphatic imine (C=N–C) groups is 1. The number of hydrogen-bond acceptors (Lipinski definition) is 4. The van der Waals surface area contributed by atoms with Crippen molar-refractivity contribution in [1.82, 2.24) is 15.8 Å². The third-order valence-corrected chi connectivity index (χ3v) is 5.48. The van der Waals surface area contributed by atoms with E-state index in [0.29, 0.717) is 12.0 Å². The number of nitrogens with zero attached hydrogens (tertiary/aromatic N) is 2. The van der Waals surface area contributed by atoms with E-state index >= 15 is 0 Å². The molecular formula is C20H36N4O2. The number of rotatable bonds is 10. The fourth-order valence-corrected chi connectivity index (χ4v) is 3.85. The molecule has 148 valence electrons. The van der Waals surface area contributed by atoms with Gasteiger partial charge >= 0.3 is 0 Å². The predicted octanol–water partition coefficient (Wildman–Crippen LogP) is 3.45. The Morgan fingerprint density at radius 1 is 1.19 bits per heavy atom. The fourth-order valence-electron chi connectivity index (χ4n) is 3.85. The molecule has 0 spiro atoms. The molecule has 0 saturated heterocycles. The van der Waals surface area contributed by atoms with Crippen LogP contribution in [0.5, 0.6) is 0 Å². The second-order valence-electron chi connectivity index (χ2n) is 7.24. The van der Waals surface area contributed by atoms with Gasteiger partial charge in [-0.15, -0.1) is 0 Å². The van der Waals surface area contributed by atoms with Crippen LogP contribution in [-0.2, 0) is 24.1 Å². The summed E-state index contributed by atoms with van der Waals surface area (Å²) in [6, 6.07) is 0. The third-order valence-electron chi connectivity index (χ3n) is 5.48. The summed E-state index contributed by atoms with van der Waals surface area (Å²) in [6.07, 6.45) is 8.02. The lowest BCUT2D eigenvalue weighted by molar-refractivity contribution is 0.138. The highest BCUT2D eigenvalue weighted by Gasteiger charge is 2.33. The summed E-state index contributed by atoms with van der Waals surface area (Å²) >= 11 is 0. The summed E-state index contributed by atoms with van der Waals surface area (Å²) in [7, 11) is 1.79. The molecule has 0 atom stereocenters. The zero-order valence-corrected chi connectivity index (χ0v) is 17.0. The van der Waals surface area contributed by atoms with Gasteiger partial charge in [0.05, 0.1) is 12.2 Å². The Bertz CT molecular complexity index is 541. The van der Waals surface area contributed by atoms with Crippen LogP contribution in [0.3, 0.4) is 0 Å². The van der Waals surface area contributed by atoms with Crippen LogP contribution in [0.4, 0.5) is 0 Å². The molecular weight excluding hydrogens is 328 g/mol. The monoisotopic (exact) mass is 364 g/mol. The van der Waals surface area contributed by atoms with Crippen LogP contribution in [0.2, 0.25) is 0 Å². The number of ether oxygens (including phenoxy) is 1. The number of nitrogens with one attached hydrogen (secondary N) is 2. The number of methoxy groups -OCH3 is 1. The Morgan fingerprint density at radius 2 is 1.96 bits per heavy atom. The van der Waals surface area contributed by atoms with Crippen LogP contribution in [0.25, 0.3) is 0 Å². The first-order chi connectivity index (χ1) is 12.7. The Morgan fingerprint density at radius 3 is 2.58 bits per heavy atom. The van der Waals surface area contributed by atoms with E-state index in [-0.39, 0.29) is 0 Å². The molecule has 6 heteroatoms. The van der Waals surface area contributed by atoms with Crippen LogP contribution in [0.1, 0.15) is 69.9 Å². The van der Waals surface area contributed by atoms with Gasteiger partial charge in [-0.05, 0) is 38.0 Å². The van der Waals surface area contributed by atoms with Gasteiger partial charge in [-0.25, -0.2) is 4.99 Å². The maximum atomic E-state index is 5.46. The minimum Gasteiger partial charge on any atom is -0.385 e. The molecule has 1 aromatic heterocycles. The molecule has 6 nitrogen and oxygen atoms in total. The zero-order valence-electron chi connectivity index (χ0n) is 17.0. The molecule has 0 bridgehead atoms. The molecule has 0 amide bonds. The summed E-state index contributed by atoms with van der Waals surface area (Å²) in [4.78, 5) is 4.81. The minimum atomic E-state index is 0.340. The number of aryl methyl sites for hydroxylation is 2. The molecule has 1 aliphatic carbocycles. The first-order valence-electron chi connectivity index (χ1n) is 10.2. The molecule has 1 fully saturated rings. The topological polar surface area (TPSA) is 71.7 Å². The first kappa shape index (κ1) is 20.7. The van der Waals surface area contributed by atoms with Crippen molar-refractivity contribution in [2.75, 3.05) is 26.8 Å². The standard InChI is InChI=1S/C20H36N4O2/c1-5-17-16(18(6-2)26-24-17)14-22-19(21-7-3)23-15-20(12-13-25-4)10-8-9-11-20/h5-15H2,1-4H3,(H2,21,22,23). The van der Waals surface area contributed by atoms with Gasteiger partial charge in [0.2, 0.25) is 0 Å². The minimum absolute atomic E-state index is 0.340. The second kappa shape index (κ2) is 10.6. The third kappa shape index (κ3) is 5.47. The van der Waals surface area contributed by atoms with E-state index in [1.54, 1.807) is 7.11 Å². The quantitative estimate of drug-likeness (QED) is 0.491. The molecule has 1 aromatic rings. The van der Waals surface area contributed by atoms with E-state index in [2.05, 4.69) is 36.6 Å². The first-order valence-corrected chi connectivity index (χ1v) is 10.2. The SMILES string of the molecule is CCNC(=NCc1c(CC)noc1CC)NCC1(CCOC)CCCC1. The summed E-state index contributed by atoms with van der Waals surface area (Å²) in [5, 5.41) is 11.1. The lowest BCUT2D eigenvalue weighted by Gasteiger charge is -2.30. The smallest absolute Gasteiger partial charge is 0.191 e. The van der Waals surface area contributed by atoms with E-state index in [9.17, 15) is 0 Å². The molecule has 2 rings (SSSR count). The molecule has 0 radical (unpaired) electrons. The number of guanidine groups is 1. The van der Waals surface area contributed by atoms with Crippen LogP contribution in [0, 0.1) is 5.41 Å². The second-order valence-corrected chi connectivity index (χ2v) is 7.24. The van der Waals surface area contributed by atoms with Crippen molar-refractivity contribution in [3.63, 3.8) is 0 Å². The van der Waals surface area contributed by atoms with Gasteiger partial charge in [-0.1, -0.05) is 31.8 Å². The van der Waals surface area contributed by atoms with Gasteiger partial charge in [0, 0.05) is 38.8 Å². The average Bonchev–Trinajstić information content (AvgIpc) is 3.29. The van der Waals surface area contributed by atoms with Crippen LogP contribution >= 0.6 is 0 Å². The summed E-state index contributed by atoms with van der Waals surface area (Å²) in [5.41, 5.74) is 2.50. The van der Waals surface area contributed by atoms with E-state index in [0.717, 1.165) is 61.9 Å². The van der Waals surface area contributed by atoms with Gasteiger partial charge in [-0.2, -0.15) is 0 Å². The number of aromatic nitrogens is 1. The van der Waals surface area contributed by atoms with Crippen molar-refractivity contribution in [2.24, 2.45) is 10.4 Å². The molecule has 0 unspecified atom stereocenters. The molecule has 0 aromatic carbocycles. The van der Waals surface area contributed by atoms with Crippen molar-refractivity contribution in [2.45, 2.75) is 72.3 Å². The van der Waals surface area contributed by atoms with Crippen LogP contribution in [0.15, 0.2) is 9.52 Å². The summed E-state index contributed by atoms with van der Waals surface area (Å²) in [6.45, 7) is 9.53. The van der Waals surface area contributed by atoms with Gasteiger partial charge in [0.1, 0.15) is 5.76 Å². The lowest BCUT2D eigenvalue weighted by Crippen LogP contribution is -2.43. The highest BCUT2D eigenvalue weighted by atomic mass is 16.5. The highest BCUT2D eigenvalue weighted by molar-refractivity contribution is 5.79. The summed E-state index contributed by atoms with van der Waals surface area (Å²) in [5.74, 6) is 1.83. The fraction of sp³-hybridized carbons (Fsp3) is 0.800. The van der Waals surface area contributed by atoms with Gasteiger partial charge in [-0.3, -0.25) is 0 Å². The van der Waals surface area contributed by atoms with Gasteiger partial charge in [0.15, 0.2) is 5.96 Å². The van der Waals surface area contributed by atoms with Gasteiger partial charge in [0.25, 0.3) is 0 Å². The van der Waals surface area contributed by atoms with Crippen molar-refractivity contribution in [3.05, 3.63) is 17.0 Å². The number of hydrogen-bond donors (Lipinski definition) is 2. The maximum absolute atomic E-state index is 5.46. The Kier molecular flexibility index (Phi) is 8.42. The van der Waals surface area contributed by atoms with Crippen molar-refractivity contribution < 1.29 is 9.26 Å². The predicted molar refractivity (Wildman–Crippen MR) is 105 cm³/mol. The van der Waals surface area contributed by atoms with E-state index in [1.807, 2.05) is 0 Å². The lowest BCUT2D eigenvalue weighted by atomic mass is 9.83. The molecule has 1 aliphatic rings. The zero-order chi connectivity index (χ0) is 18.8. The van der Waals surface area contributed by atoms with Crippen molar-refractivity contribution in [1.29, 1.82) is 0 Å². The Hall–Kier alpha value is -1.56. The summed E-state index contributed by atoms with van der Waals surface area (Å²) < 4.78 is 10.8. The normalized spacial score (nSPS) is 16.8. The van der Waals surface area contributed by atoms with E-state index < -0.39 is 0 Å². The Balaban J connectivity index is 2.03. The molecule has 0 aliphatic heterocycles. The van der Waals surface area contributed by atoms with E-state index in [4.69, 9.17) is 14.3 Å². The van der Waals surface area contributed by atoms with Crippen molar-refractivity contribution >= 4 is 5.96 Å². The average molecular weight is 365 g/mol. The van der Waals surface area contributed by atoms with Crippen LogP contribution in [-0.4, -0.2) is 37.9 Å². The van der Waals surface area contributed by atoms with Crippen molar-refractivity contribution in [3.8, 4) is 0 Å². The highest BCUT2D eigenvalue weighted by Crippen LogP contribution is 2.40. The maximum Gasteiger partial charge on any atom is 0.191 e.